The topological polar surface area (TPSA) is 111 Å². The molecule has 2 aromatic rings. The number of hydrogen-bond donors (Lipinski definition) is 1. The van der Waals surface area contributed by atoms with Crippen LogP contribution in [0.2, 0.25) is 0 Å². The molecule has 0 heterocycles. The summed E-state index contributed by atoms with van der Waals surface area (Å²) in [5.74, 6) is -0.729. The normalized spacial score (nSPS) is 13.8. The van der Waals surface area contributed by atoms with Crippen LogP contribution in [0, 0.1) is 7.43 Å². The molecule has 0 spiro atoms. The van der Waals surface area contributed by atoms with E-state index in [1.807, 2.05) is 102 Å². The fourth-order valence-corrected chi connectivity index (χ4v) is 4.37. The van der Waals surface area contributed by atoms with Crippen molar-refractivity contribution in [3.8, 4) is 0 Å². The van der Waals surface area contributed by atoms with Crippen molar-refractivity contribution in [1.29, 1.82) is 0 Å². The minimum absolute atomic E-state index is 0. The maximum absolute atomic E-state index is 12.2. The van der Waals surface area contributed by atoms with Gasteiger partial charge in [0.25, 0.3) is 0 Å². The zero-order chi connectivity index (χ0) is 33.4. The van der Waals surface area contributed by atoms with E-state index in [-0.39, 0.29) is 70.2 Å². The average Bonchev–Trinajstić information content (AvgIpc) is 2.84. The van der Waals surface area contributed by atoms with E-state index in [4.69, 9.17) is 9.47 Å². The summed E-state index contributed by atoms with van der Waals surface area (Å²) in [4.78, 5) is 24.1. The van der Waals surface area contributed by atoms with Gasteiger partial charge >= 0.3 is 35.0 Å². The van der Waals surface area contributed by atoms with Gasteiger partial charge in [0.15, 0.2) is 0 Å². The van der Waals surface area contributed by atoms with Crippen molar-refractivity contribution in [2.75, 3.05) is 0 Å². The molecule has 1 N–H and O–H groups in total. The van der Waals surface area contributed by atoms with E-state index in [1.54, 1.807) is 36.4 Å². The molecular formula is C34H53BrMgN2O6S2. The van der Waals surface area contributed by atoms with Gasteiger partial charge < -0.3 is 33.9 Å². The number of benzene rings is 2. The molecule has 0 unspecified atom stereocenters. The Morgan fingerprint density at radius 3 is 1.61 bits per heavy atom. The molecule has 0 aliphatic rings. The summed E-state index contributed by atoms with van der Waals surface area (Å²) in [6, 6.07) is 14.0. The Hall–Kier alpha value is -1.44. The van der Waals surface area contributed by atoms with E-state index in [9.17, 15) is 18.0 Å². The smallest absolute Gasteiger partial charge is 1.00 e. The van der Waals surface area contributed by atoms with Crippen LogP contribution in [0.5, 0.6) is 0 Å². The standard InChI is InChI=1S/C17H27NO3S.C16H23NO3S.CH3.BrH.Mg/c1-12(18-22(20)17(5,6)7)13-9-8-10-14(11-13)15(19)21-16(2,3)4;1-15(2,3)20-14(18)13-9-7-8-12(10-13)11-17-21(19)16(4,5)6;;;/h8-12,18H,1-7H3;7-11H,1-6H3;1H3;1H;/q;;-1;;+2/p-1/t12-,22+;21-;;;/m10.../s1. The average molecular weight is 754 g/mol. The van der Waals surface area contributed by atoms with E-state index < -0.39 is 37.9 Å². The molecule has 12 heteroatoms. The van der Waals surface area contributed by atoms with Crippen molar-refractivity contribution in [3.05, 3.63) is 78.2 Å². The summed E-state index contributed by atoms with van der Waals surface area (Å²) in [6.07, 6.45) is 1.52. The van der Waals surface area contributed by atoms with Crippen molar-refractivity contribution in [2.45, 2.75) is 117 Å². The Morgan fingerprint density at radius 2 is 1.20 bits per heavy atom. The van der Waals surface area contributed by atoms with Crippen molar-refractivity contribution in [1.82, 2.24) is 4.72 Å². The van der Waals surface area contributed by atoms with Crippen LogP contribution in [0.4, 0.5) is 0 Å². The summed E-state index contributed by atoms with van der Waals surface area (Å²) < 4.78 is 41.1. The van der Waals surface area contributed by atoms with Gasteiger partial charge in [0.1, 0.15) is 22.2 Å². The second kappa shape index (κ2) is 20.2. The number of nitrogens with zero attached hydrogens (tertiary/aromatic N) is 1. The van der Waals surface area contributed by atoms with E-state index in [1.165, 1.54) is 6.21 Å². The zero-order valence-corrected chi connectivity index (χ0v) is 34.7. The molecule has 0 aromatic heterocycles. The van der Waals surface area contributed by atoms with Crippen LogP contribution in [0.15, 0.2) is 52.9 Å². The second-order valence-electron chi connectivity index (χ2n) is 14.1. The van der Waals surface area contributed by atoms with Crippen LogP contribution in [-0.2, 0) is 31.4 Å². The van der Waals surface area contributed by atoms with Crippen LogP contribution in [0.3, 0.4) is 0 Å². The maximum atomic E-state index is 12.2. The maximum Gasteiger partial charge on any atom is 2.00 e. The molecule has 8 nitrogen and oxygen atoms in total. The molecule has 0 aliphatic carbocycles. The predicted octanol–water partition coefficient (Wildman–Crippen LogP) is 4.35. The van der Waals surface area contributed by atoms with Gasteiger partial charge in [-0.25, -0.2) is 22.7 Å². The summed E-state index contributed by atoms with van der Waals surface area (Å²) in [7, 11) is -2.48. The molecule has 0 saturated carbocycles. The Labute approximate surface area is 309 Å². The first-order valence-electron chi connectivity index (χ1n) is 14.2. The Bertz CT molecular complexity index is 1340. The number of carbonyl (C=O) groups is 2. The summed E-state index contributed by atoms with van der Waals surface area (Å²) >= 11 is 0. The van der Waals surface area contributed by atoms with Crippen molar-refractivity contribution in [3.63, 3.8) is 0 Å². The summed E-state index contributed by atoms with van der Waals surface area (Å²) in [5, 5.41) is 0. The molecule has 2 rings (SSSR count). The summed E-state index contributed by atoms with van der Waals surface area (Å²) in [6.45, 7) is 24.2. The number of esters is 2. The number of carbonyl (C=O) groups excluding carboxylic acids is 2. The van der Waals surface area contributed by atoms with Gasteiger partial charge in [-0.15, -0.1) is 0 Å². The van der Waals surface area contributed by atoms with E-state index in [0.29, 0.717) is 11.1 Å². The van der Waals surface area contributed by atoms with Crippen molar-refractivity contribution < 1.29 is 44.5 Å². The van der Waals surface area contributed by atoms with Gasteiger partial charge in [0, 0.05) is 12.3 Å². The number of ether oxygens (including phenoxy) is 2. The molecule has 0 aliphatic heterocycles. The predicted molar refractivity (Wildman–Crippen MR) is 190 cm³/mol. The molecule has 256 valence electrons. The molecule has 0 amide bonds. The van der Waals surface area contributed by atoms with Crippen LogP contribution in [0.1, 0.15) is 128 Å². The van der Waals surface area contributed by atoms with Gasteiger partial charge in [0.2, 0.25) is 0 Å². The van der Waals surface area contributed by atoms with E-state index >= 15 is 0 Å². The molecule has 2 aromatic carbocycles. The first-order valence-corrected chi connectivity index (χ1v) is 16.5. The van der Waals surface area contributed by atoms with Gasteiger partial charge in [-0.2, -0.15) is 4.40 Å². The minimum atomic E-state index is -1.32. The summed E-state index contributed by atoms with van der Waals surface area (Å²) in [5.41, 5.74) is 1.52. The SMILES string of the molecule is CC(C)(C)OC(=O)c1cccc(C=N[S@@](=O)C(C)(C)C)c1.C[C@@H](N[S@@](=O)C(C)(C)C)c1cccc(C(=O)OC(C)(C)C)c1.[Br-].[CH3-].[Mg+2]. The van der Waals surface area contributed by atoms with Crippen LogP contribution >= 0.6 is 0 Å². The molecule has 46 heavy (non-hydrogen) atoms. The van der Waals surface area contributed by atoms with Crippen molar-refractivity contribution >= 4 is 63.2 Å². The number of nitrogens with one attached hydrogen (secondary N) is 1. The molecule has 0 fully saturated rings. The molecule has 0 saturated heterocycles. The van der Waals surface area contributed by atoms with Gasteiger partial charge in [-0.1, -0.05) is 24.3 Å². The Morgan fingerprint density at radius 1 is 0.761 bits per heavy atom. The Balaban J connectivity index is -0.000000755. The largest absolute Gasteiger partial charge is 2.00 e. The first kappa shape index (κ1) is 48.9. The molecular weight excluding hydrogens is 701 g/mol. The van der Waals surface area contributed by atoms with E-state index in [0.717, 1.165) is 11.1 Å². The molecule has 0 radical (unpaired) electrons. The van der Waals surface area contributed by atoms with Crippen LogP contribution in [0.25, 0.3) is 0 Å². The number of halogens is 1. The van der Waals surface area contributed by atoms with Gasteiger partial charge in [-0.3, -0.25) is 0 Å². The molecule has 0 bridgehead atoms. The van der Waals surface area contributed by atoms with Crippen molar-refractivity contribution in [2.24, 2.45) is 4.40 Å². The quantitative estimate of drug-likeness (QED) is 0.195. The van der Waals surface area contributed by atoms with Gasteiger partial charge in [-0.05, 0) is 125 Å². The monoisotopic (exact) mass is 752 g/mol. The van der Waals surface area contributed by atoms with Crippen LogP contribution < -0.4 is 21.7 Å². The van der Waals surface area contributed by atoms with E-state index in [2.05, 4.69) is 9.12 Å². The first-order chi connectivity index (χ1) is 19.4. The second-order valence-corrected chi connectivity index (χ2v) is 18.0. The number of hydrogen-bond acceptors (Lipinski definition) is 6. The van der Waals surface area contributed by atoms with Gasteiger partial charge in [0.05, 0.1) is 31.6 Å². The third kappa shape index (κ3) is 19.4. The third-order valence-corrected chi connectivity index (χ3v) is 8.23. The fourth-order valence-electron chi connectivity index (χ4n) is 3.03. The minimum Gasteiger partial charge on any atom is -1.00 e. The van der Waals surface area contributed by atoms with Crippen LogP contribution in [-0.4, -0.2) is 70.3 Å². The number of rotatable bonds is 7. The Kier molecular flexibility index (Phi) is 21.4. The molecule has 3 atom stereocenters. The zero-order valence-electron chi connectivity index (χ0n) is 30.1. The third-order valence-electron chi connectivity index (χ3n) is 5.20. The fraction of sp³-hybridized carbons (Fsp3) is 0.529.